The number of hydrogen-bond donors (Lipinski definition) is 0. The highest BCUT2D eigenvalue weighted by molar-refractivity contribution is 7.71. The minimum absolute atomic E-state index is 0.725. The predicted molar refractivity (Wildman–Crippen MR) is 88.9 cm³/mol. The topological polar surface area (TPSA) is 35.2 Å². The van der Waals surface area contributed by atoms with Crippen molar-refractivity contribution in [3.8, 4) is 11.4 Å². The number of ether oxygens (including phenoxy) is 1. The first kappa shape index (κ1) is 15.2. The molecule has 1 unspecified atom stereocenters. The molecule has 0 bridgehead atoms. The molecule has 0 aliphatic carbocycles. The van der Waals surface area contributed by atoms with Crippen LogP contribution in [0.2, 0.25) is 0 Å². The normalized spacial score (nSPS) is 19.3. The second-order valence-corrected chi connectivity index (χ2v) is 6.31. The van der Waals surface area contributed by atoms with Crippen molar-refractivity contribution in [1.29, 1.82) is 0 Å². The maximum atomic E-state index is 5.57. The van der Waals surface area contributed by atoms with E-state index in [1.165, 1.54) is 12.8 Å². The largest absolute Gasteiger partial charge is 0.497 e. The van der Waals surface area contributed by atoms with E-state index in [-0.39, 0.29) is 0 Å². The van der Waals surface area contributed by atoms with Crippen LogP contribution in [0.25, 0.3) is 5.69 Å². The first-order valence-electron chi connectivity index (χ1n) is 7.68. The molecular weight excluding hydrogens is 296 g/mol. The van der Waals surface area contributed by atoms with E-state index in [1.807, 2.05) is 33.5 Å². The molecule has 2 heterocycles. The maximum absolute atomic E-state index is 5.57. The highest BCUT2D eigenvalue weighted by Gasteiger charge is 2.17. The van der Waals surface area contributed by atoms with Crippen molar-refractivity contribution in [3.63, 3.8) is 0 Å². The number of aromatic nitrogens is 3. The van der Waals surface area contributed by atoms with Crippen LogP contribution in [0.5, 0.6) is 5.75 Å². The summed E-state index contributed by atoms with van der Waals surface area (Å²) < 4.78 is 9.75. The molecule has 0 N–H and O–H groups in total. The van der Waals surface area contributed by atoms with Crippen LogP contribution in [0, 0.1) is 10.7 Å². The number of likely N-dealkylation sites (tertiary alicyclic amines) is 1. The third-order valence-corrected chi connectivity index (χ3v) is 4.57. The maximum Gasteiger partial charge on any atom is 0.203 e. The molecule has 1 aliphatic rings. The molecule has 1 aromatic heterocycles. The summed E-state index contributed by atoms with van der Waals surface area (Å²) in [6.07, 6.45) is 4.37. The Morgan fingerprint density at radius 3 is 2.77 bits per heavy atom. The van der Waals surface area contributed by atoms with Gasteiger partial charge < -0.3 is 4.74 Å². The van der Waals surface area contributed by atoms with Gasteiger partial charge in [-0.05, 0) is 61.8 Å². The molecule has 0 spiro atoms. The van der Waals surface area contributed by atoms with Crippen LogP contribution in [-0.4, -0.2) is 39.4 Å². The van der Waals surface area contributed by atoms with Crippen molar-refractivity contribution >= 4 is 12.2 Å². The summed E-state index contributed by atoms with van der Waals surface area (Å²) in [5.41, 5.74) is 1.00. The monoisotopic (exact) mass is 318 g/mol. The van der Waals surface area contributed by atoms with Gasteiger partial charge >= 0.3 is 0 Å². The van der Waals surface area contributed by atoms with E-state index < -0.39 is 0 Å². The molecule has 6 heteroatoms. The van der Waals surface area contributed by atoms with Crippen molar-refractivity contribution in [1.82, 2.24) is 19.2 Å². The third kappa shape index (κ3) is 3.23. The zero-order valence-corrected chi connectivity index (χ0v) is 13.9. The lowest BCUT2D eigenvalue weighted by Crippen LogP contribution is -2.36. The molecule has 1 aromatic carbocycles. The molecule has 22 heavy (non-hydrogen) atoms. The quantitative estimate of drug-likeness (QED) is 0.812. The number of hydrogen-bond acceptors (Lipinski definition) is 4. The van der Waals surface area contributed by atoms with Crippen LogP contribution in [0.1, 0.15) is 19.8 Å². The van der Waals surface area contributed by atoms with Gasteiger partial charge in [0.25, 0.3) is 0 Å². The van der Waals surface area contributed by atoms with E-state index in [2.05, 4.69) is 16.9 Å². The van der Waals surface area contributed by atoms with Crippen molar-refractivity contribution in [2.75, 3.05) is 20.2 Å². The smallest absolute Gasteiger partial charge is 0.203 e. The van der Waals surface area contributed by atoms with Crippen molar-refractivity contribution < 1.29 is 4.74 Å². The van der Waals surface area contributed by atoms with Crippen LogP contribution in [0.4, 0.5) is 0 Å². The van der Waals surface area contributed by atoms with E-state index >= 15 is 0 Å². The second kappa shape index (κ2) is 6.62. The summed E-state index contributed by atoms with van der Waals surface area (Å²) in [6.45, 7) is 5.33. The minimum atomic E-state index is 0.725. The fraction of sp³-hybridized carbons (Fsp3) is 0.500. The lowest BCUT2D eigenvalue weighted by molar-refractivity contribution is 0.138. The van der Waals surface area contributed by atoms with E-state index in [0.717, 1.165) is 41.9 Å². The minimum Gasteiger partial charge on any atom is -0.497 e. The highest BCUT2D eigenvalue weighted by atomic mass is 32.1. The molecule has 0 saturated carbocycles. The Morgan fingerprint density at radius 1 is 1.32 bits per heavy atom. The standard InChI is InChI=1S/C16H22N4OS/c1-13-4-3-9-18(10-13)12-20-16(22)19(11-17-20)14-5-7-15(21-2)8-6-14/h5-8,11,13H,3-4,9-10,12H2,1-2H3. The van der Waals surface area contributed by atoms with Crippen LogP contribution >= 0.6 is 12.2 Å². The van der Waals surface area contributed by atoms with Crippen molar-refractivity contribution in [3.05, 3.63) is 35.4 Å². The molecule has 1 fully saturated rings. The first-order chi connectivity index (χ1) is 10.7. The molecule has 1 atom stereocenters. The van der Waals surface area contributed by atoms with E-state index in [0.29, 0.717) is 0 Å². The van der Waals surface area contributed by atoms with Gasteiger partial charge in [-0.15, -0.1) is 0 Å². The van der Waals surface area contributed by atoms with Crippen molar-refractivity contribution in [2.24, 2.45) is 5.92 Å². The van der Waals surface area contributed by atoms with Gasteiger partial charge in [0.05, 0.1) is 13.8 Å². The Labute approximate surface area is 136 Å². The number of methoxy groups -OCH3 is 1. The van der Waals surface area contributed by atoms with Gasteiger partial charge in [-0.3, -0.25) is 9.47 Å². The molecule has 0 amide bonds. The summed E-state index contributed by atoms with van der Waals surface area (Å²) in [4.78, 5) is 2.43. The molecule has 1 aliphatic heterocycles. The Bertz CT molecular complexity index is 676. The third-order valence-electron chi connectivity index (χ3n) is 4.16. The Kier molecular flexibility index (Phi) is 4.59. The molecule has 1 saturated heterocycles. The molecule has 5 nitrogen and oxygen atoms in total. The van der Waals surface area contributed by atoms with E-state index in [4.69, 9.17) is 17.0 Å². The molecule has 118 valence electrons. The fourth-order valence-corrected chi connectivity index (χ4v) is 3.22. The number of rotatable bonds is 4. The fourth-order valence-electron chi connectivity index (χ4n) is 2.96. The van der Waals surface area contributed by atoms with Crippen LogP contribution in [0.3, 0.4) is 0 Å². The van der Waals surface area contributed by atoms with Crippen LogP contribution in [0.15, 0.2) is 30.6 Å². The van der Waals surface area contributed by atoms with Gasteiger partial charge in [0, 0.05) is 12.2 Å². The number of nitrogens with zero attached hydrogens (tertiary/aromatic N) is 4. The van der Waals surface area contributed by atoms with Crippen LogP contribution in [-0.2, 0) is 6.67 Å². The van der Waals surface area contributed by atoms with E-state index in [1.54, 1.807) is 13.4 Å². The van der Waals surface area contributed by atoms with Gasteiger partial charge in [0.1, 0.15) is 12.1 Å². The summed E-state index contributed by atoms with van der Waals surface area (Å²) in [5.74, 6) is 1.59. The summed E-state index contributed by atoms with van der Waals surface area (Å²) in [5, 5.41) is 4.46. The second-order valence-electron chi connectivity index (χ2n) is 5.95. The Balaban J connectivity index is 1.77. The first-order valence-corrected chi connectivity index (χ1v) is 8.09. The SMILES string of the molecule is COc1ccc(-n2cnn(CN3CCCC(C)C3)c2=S)cc1. The molecule has 0 radical (unpaired) electrons. The highest BCUT2D eigenvalue weighted by Crippen LogP contribution is 2.17. The van der Waals surface area contributed by atoms with Crippen molar-refractivity contribution in [2.45, 2.75) is 26.4 Å². The molecule has 2 aromatic rings. The number of benzene rings is 1. The zero-order chi connectivity index (χ0) is 15.5. The summed E-state index contributed by atoms with van der Waals surface area (Å²) >= 11 is 5.57. The molecular formula is C16H22N4OS. The average Bonchev–Trinajstić information content (AvgIpc) is 2.89. The predicted octanol–water partition coefficient (Wildman–Crippen LogP) is 3.10. The van der Waals surface area contributed by atoms with Gasteiger partial charge in [-0.2, -0.15) is 5.10 Å². The summed E-state index contributed by atoms with van der Waals surface area (Å²) in [7, 11) is 1.66. The Morgan fingerprint density at radius 2 is 2.09 bits per heavy atom. The van der Waals surface area contributed by atoms with Crippen LogP contribution < -0.4 is 4.74 Å². The zero-order valence-electron chi connectivity index (χ0n) is 13.1. The van der Waals surface area contributed by atoms with Gasteiger partial charge in [-0.1, -0.05) is 6.92 Å². The average molecular weight is 318 g/mol. The van der Waals surface area contributed by atoms with Gasteiger partial charge in [0.15, 0.2) is 0 Å². The molecule has 3 rings (SSSR count). The lowest BCUT2D eigenvalue weighted by Gasteiger charge is -2.30. The lowest BCUT2D eigenvalue weighted by atomic mass is 10.0. The van der Waals surface area contributed by atoms with Gasteiger partial charge in [-0.25, -0.2) is 4.68 Å². The van der Waals surface area contributed by atoms with Gasteiger partial charge in [0.2, 0.25) is 4.77 Å². The Hall–Kier alpha value is -1.66. The summed E-state index contributed by atoms with van der Waals surface area (Å²) in [6, 6.07) is 7.84. The number of piperidine rings is 1. The van der Waals surface area contributed by atoms with E-state index in [9.17, 15) is 0 Å².